The minimum Gasteiger partial charge on any atom is -0.395 e. The van der Waals surface area contributed by atoms with E-state index in [0.29, 0.717) is 6.42 Å². The fourth-order valence-electron chi connectivity index (χ4n) is 3.00. The molecule has 1 atom stereocenters. The third kappa shape index (κ3) is 3.39. The maximum atomic E-state index is 12.4. The highest BCUT2D eigenvalue weighted by Gasteiger charge is 2.58. The van der Waals surface area contributed by atoms with Crippen LogP contribution in [0.4, 0.5) is 13.2 Å². The molecule has 2 N–H and O–H groups in total. The van der Waals surface area contributed by atoms with E-state index in [2.05, 4.69) is 5.32 Å². The number of aliphatic hydroxyl groups is 1. The molecule has 1 spiro atoms. The molecule has 19 heavy (non-hydrogen) atoms. The Morgan fingerprint density at radius 3 is 2.53 bits per heavy atom. The summed E-state index contributed by atoms with van der Waals surface area (Å²) < 4.78 is 37.3. The molecule has 1 saturated heterocycles. The number of halogens is 3. The second-order valence-electron chi connectivity index (χ2n) is 5.47. The quantitative estimate of drug-likeness (QED) is 0.799. The lowest BCUT2D eigenvalue weighted by Gasteiger charge is -2.27. The van der Waals surface area contributed by atoms with Crippen molar-refractivity contribution in [1.29, 1.82) is 0 Å². The number of nitrogens with zero attached hydrogens (tertiary/aromatic N) is 1. The molecule has 1 unspecified atom stereocenters. The molecular formula is C12H19F3N2O2. The Kier molecular flexibility index (Phi) is 4.06. The van der Waals surface area contributed by atoms with Crippen LogP contribution < -0.4 is 5.32 Å². The number of amides is 1. The first-order valence-corrected chi connectivity index (χ1v) is 6.55. The fourth-order valence-corrected chi connectivity index (χ4v) is 3.00. The molecule has 0 radical (unpaired) electrons. The van der Waals surface area contributed by atoms with Crippen LogP contribution in [-0.2, 0) is 4.79 Å². The van der Waals surface area contributed by atoms with Gasteiger partial charge in [0.15, 0.2) is 0 Å². The van der Waals surface area contributed by atoms with Crippen molar-refractivity contribution in [3.8, 4) is 0 Å². The third-order valence-electron chi connectivity index (χ3n) is 4.14. The summed E-state index contributed by atoms with van der Waals surface area (Å²) in [6, 6.07) is 0. The number of aliphatic hydroxyl groups excluding tert-OH is 1. The van der Waals surface area contributed by atoms with E-state index in [0.717, 1.165) is 30.8 Å². The molecule has 0 bridgehead atoms. The van der Waals surface area contributed by atoms with Crippen molar-refractivity contribution in [2.24, 2.45) is 11.3 Å². The second kappa shape index (κ2) is 5.28. The van der Waals surface area contributed by atoms with E-state index in [1.54, 1.807) is 0 Å². The minimum atomic E-state index is -4.42. The standard InChI is InChI=1S/C12H19F3N2O2/c13-12(14,15)8-17(5-6-18)10(19)9-7-11(9)1-3-16-4-2-11/h9,16,18H,1-8H2. The van der Waals surface area contributed by atoms with Gasteiger partial charge in [0.1, 0.15) is 6.54 Å². The molecule has 4 nitrogen and oxygen atoms in total. The largest absolute Gasteiger partial charge is 0.406 e. The zero-order chi connectivity index (χ0) is 14.1. The Labute approximate surface area is 110 Å². The van der Waals surface area contributed by atoms with Gasteiger partial charge in [0.05, 0.1) is 6.61 Å². The number of rotatable bonds is 4. The number of hydrogen-bond acceptors (Lipinski definition) is 3. The molecule has 0 aromatic carbocycles. The molecule has 1 aliphatic heterocycles. The highest BCUT2D eigenvalue weighted by atomic mass is 19.4. The van der Waals surface area contributed by atoms with Gasteiger partial charge in [-0.05, 0) is 37.8 Å². The number of nitrogens with one attached hydrogen (secondary N) is 1. The molecule has 2 rings (SSSR count). The van der Waals surface area contributed by atoms with Gasteiger partial charge in [0.25, 0.3) is 0 Å². The van der Waals surface area contributed by atoms with E-state index in [4.69, 9.17) is 5.11 Å². The maximum Gasteiger partial charge on any atom is 0.406 e. The molecule has 0 aromatic rings. The predicted octanol–water partition coefficient (Wildman–Crippen LogP) is 0.759. The normalized spacial score (nSPS) is 25.4. The number of carbonyl (C=O) groups is 1. The lowest BCUT2D eigenvalue weighted by atomic mass is 9.91. The highest BCUT2D eigenvalue weighted by Crippen LogP contribution is 2.59. The SMILES string of the molecule is O=C(C1CC12CCNCC2)N(CCO)CC(F)(F)F. The van der Waals surface area contributed by atoms with Crippen LogP contribution in [-0.4, -0.2) is 54.9 Å². The Morgan fingerprint density at radius 2 is 2.00 bits per heavy atom. The van der Waals surface area contributed by atoms with Crippen LogP contribution in [0.5, 0.6) is 0 Å². The van der Waals surface area contributed by atoms with Crippen LogP contribution in [0.3, 0.4) is 0 Å². The second-order valence-corrected chi connectivity index (χ2v) is 5.47. The first-order valence-electron chi connectivity index (χ1n) is 6.55. The van der Waals surface area contributed by atoms with E-state index in [9.17, 15) is 18.0 Å². The topological polar surface area (TPSA) is 52.6 Å². The molecule has 2 fully saturated rings. The highest BCUT2D eigenvalue weighted by molar-refractivity contribution is 5.82. The van der Waals surface area contributed by atoms with Gasteiger partial charge in [-0.15, -0.1) is 0 Å². The summed E-state index contributed by atoms with van der Waals surface area (Å²) in [5.74, 6) is -0.739. The van der Waals surface area contributed by atoms with Crippen molar-refractivity contribution < 1.29 is 23.1 Å². The summed E-state index contributed by atoms with van der Waals surface area (Å²) in [7, 11) is 0. The number of carbonyl (C=O) groups excluding carboxylic acids is 1. The summed E-state index contributed by atoms with van der Waals surface area (Å²) in [5, 5.41) is 12.0. The molecule has 1 heterocycles. The van der Waals surface area contributed by atoms with E-state index >= 15 is 0 Å². The van der Waals surface area contributed by atoms with Gasteiger partial charge in [-0.25, -0.2) is 0 Å². The smallest absolute Gasteiger partial charge is 0.395 e. The molecule has 0 aromatic heterocycles. The molecule has 110 valence electrons. The third-order valence-corrected chi connectivity index (χ3v) is 4.14. The molecule has 1 aliphatic carbocycles. The van der Waals surface area contributed by atoms with E-state index in [1.807, 2.05) is 0 Å². The monoisotopic (exact) mass is 280 g/mol. The van der Waals surface area contributed by atoms with Crippen LogP contribution in [0.2, 0.25) is 0 Å². The Hall–Kier alpha value is -0.820. The van der Waals surface area contributed by atoms with Crippen molar-refractivity contribution >= 4 is 5.91 Å². The van der Waals surface area contributed by atoms with Gasteiger partial charge < -0.3 is 15.3 Å². The van der Waals surface area contributed by atoms with Crippen LogP contribution >= 0.6 is 0 Å². The lowest BCUT2D eigenvalue weighted by molar-refractivity contribution is -0.163. The Balaban J connectivity index is 1.96. The average Bonchev–Trinajstić information content (AvgIpc) is 3.01. The van der Waals surface area contributed by atoms with Gasteiger partial charge in [-0.1, -0.05) is 0 Å². The van der Waals surface area contributed by atoms with Crippen LogP contribution in [0.15, 0.2) is 0 Å². The van der Waals surface area contributed by atoms with Crippen LogP contribution in [0.1, 0.15) is 19.3 Å². The van der Waals surface area contributed by atoms with Crippen molar-refractivity contribution in [2.75, 3.05) is 32.8 Å². The molecule has 1 saturated carbocycles. The Bertz CT molecular complexity index is 340. The zero-order valence-corrected chi connectivity index (χ0v) is 10.7. The lowest BCUT2D eigenvalue weighted by Crippen LogP contribution is -2.43. The summed E-state index contributed by atoms with van der Waals surface area (Å²) in [6.07, 6.45) is -2.03. The van der Waals surface area contributed by atoms with Crippen molar-refractivity contribution in [1.82, 2.24) is 10.2 Å². The average molecular weight is 280 g/mol. The molecule has 2 aliphatic rings. The van der Waals surface area contributed by atoms with Gasteiger partial charge in [-0.3, -0.25) is 4.79 Å². The minimum absolute atomic E-state index is 0.0817. The van der Waals surface area contributed by atoms with Crippen LogP contribution in [0.25, 0.3) is 0 Å². The van der Waals surface area contributed by atoms with Gasteiger partial charge in [0.2, 0.25) is 5.91 Å². The van der Waals surface area contributed by atoms with Crippen molar-refractivity contribution in [3.05, 3.63) is 0 Å². The number of hydrogen-bond donors (Lipinski definition) is 2. The first-order chi connectivity index (χ1) is 8.88. The van der Waals surface area contributed by atoms with Gasteiger partial charge >= 0.3 is 6.18 Å². The zero-order valence-electron chi connectivity index (χ0n) is 10.7. The summed E-state index contributed by atoms with van der Waals surface area (Å²) in [4.78, 5) is 12.9. The summed E-state index contributed by atoms with van der Waals surface area (Å²) >= 11 is 0. The number of alkyl halides is 3. The van der Waals surface area contributed by atoms with Crippen LogP contribution in [0, 0.1) is 11.3 Å². The van der Waals surface area contributed by atoms with Crippen molar-refractivity contribution in [2.45, 2.75) is 25.4 Å². The number of piperidine rings is 1. The first kappa shape index (κ1) is 14.6. The fraction of sp³-hybridized carbons (Fsp3) is 0.917. The van der Waals surface area contributed by atoms with E-state index < -0.39 is 25.2 Å². The molecule has 7 heteroatoms. The predicted molar refractivity (Wildman–Crippen MR) is 62.4 cm³/mol. The summed E-state index contributed by atoms with van der Waals surface area (Å²) in [5.41, 5.74) is -0.0817. The molecular weight excluding hydrogens is 261 g/mol. The van der Waals surface area contributed by atoms with E-state index in [1.165, 1.54) is 0 Å². The van der Waals surface area contributed by atoms with Gasteiger partial charge in [0, 0.05) is 12.5 Å². The molecule has 1 amide bonds. The Morgan fingerprint density at radius 1 is 1.37 bits per heavy atom. The van der Waals surface area contributed by atoms with E-state index in [-0.39, 0.29) is 17.9 Å². The van der Waals surface area contributed by atoms with Crippen molar-refractivity contribution in [3.63, 3.8) is 0 Å². The summed E-state index contributed by atoms with van der Waals surface area (Å²) in [6.45, 7) is -0.310. The maximum absolute atomic E-state index is 12.4. The van der Waals surface area contributed by atoms with Gasteiger partial charge in [-0.2, -0.15) is 13.2 Å².